The fourth-order valence-electron chi connectivity index (χ4n) is 7.32. The first-order valence-electron chi connectivity index (χ1n) is 20.8. The van der Waals surface area contributed by atoms with Crippen molar-refractivity contribution in [2.45, 2.75) is 104 Å². The molecule has 15 heteroatoms. The highest BCUT2D eigenvalue weighted by atomic mass is 16.7. The van der Waals surface area contributed by atoms with E-state index in [1.165, 1.54) is 6.08 Å². The van der Waals surface area contributed by atoms with Crippen molar-refractivity contribution in [3.8, 4) is 23.0 Å². The summed E-state index contributed by atoms with van der Waals surface area (Å²) in [5, 5.41) is 60.0. The molecule has 0 radical (unpaired) electrons. The number of aliphatic hydroxyl groups excluding tert-OH is 5. The predicted molar refractivity (Wildman–Crippen MR) is 249 cm³/mol. The molecule has 2 aromatic carbocycles. The molecule has 352 valence electrons. The van der Waals surface area contributed by atoms with Gasteiger partial charge in [-0.25, -0.2) is 9.59 Å². The molecule has 15 nitrogen and oxygen atoms in total. The van der Waals surface area contributed by atoms with Crippen LogP contribution in [-0.4, -0.2) is 92.1 Å². The number of ether oxygens (including phenoxy) is 5. The first kappa shape index (κ1) is 51.9. The van der Waals surface area contributed by atoms with Crippen molar-refractivity contribution in [3.63, 3.8) is 0 Å². The number of phenols is 1. The van der Waals surface area contributed by atoms with Crippen molar-refractivity contribution < 1.29 is 63.2 Å². The lowest BCUT2D eigenvalue weighted by Crippen LogP contribution is -2.59. The van der Waals surface area contributed by atoms with Gasteiger partial charge in [-0.15, -0.1) is 13.2 Å². The van der Waals surface area contributed by atoms with E-state index in [-0.39, 0.29) is 36.0 Å². The number of aromatic hydroxyl groups is 1. The number of phenolic OH excluding ortho intramolecular Hbond substituents is 1. The molecular weight excluding hydrogens is 841 g/mol. The zero-order chi connectivity index (χ0) is 48.9. The fourth-order valence-corrected chi connectivity index (χ4v) is 7.32. The number of fused-ring (bicyclic) bond motifs is 2. The van der Waals surface area contributed by atoms with Crippen LogP contribution in [0.4, 0.5) is 0 Å². The summed E-state index contributed by atoms with van der Waals surface area (Å²) in [6, 6.07) is 6.57. The van der Waals surface area contributed by atoms with Gasteiger partial charge in [-0.3, -0.25) is 0 Å². The molecule has 0 amide bonds. The monoisotopic (exact) mass is 902 g/mol. The second-order valence-corrected chi connectivity index (χ2v) is 16.5. The summed E-state index contributed by atoms with van der Waals surface area (Å²) in [5.74, 6) is 0.468. The minimum absolute atomic E-state index is 0.0680. The van der Waals surface area contributed by atoms with Crippen LogP contribution in [0.2, 0.25) is 0 Å². The summed E-state index contributed by atoms with van der Waals surface area (Å²) >= 11 is 0. The molecule has 2 fully saturated rings. The lowest BCUT2D eigenvalue weighted by molar-refractivity contribution is -0.285. The van der Waals surface area contributed by atoms with Gasteiger partial charge in [0.2, 0.25) is 6.29 Å². The highest BCUT2D eigenvalue weighted by molar-refractivity contribution is 5.92. The summed E-state index contributed by atoms with van der Waals surface area (Å²) < 4.78 is 39.3. The van der Waals surface area contributed by atoms with Crippen LogP contribution in [-0.2, 0) is 9.47 Å². The first-order valence-corrected chi connectivity index (χ1v) is 20.8. The van der Waals surface area contributed by atoms with Crippen molar-refractivity contribution in [3.05, 3.63) is 131 Å². The van der Waals surface area contributed by atoms with Crippen LogP contribution in [0.25, 0.3) is 33.1 Å². The van der Waals surface area contributed by atoms with Gasteiger partial charge in [0.1, 0.15) is 70.7 Å². The third-order valence-corrected chi connectivity index (χ3v) is 11.9. The van der Waals surface area contributed by atoms with Gasteiger partial charge in [0.05, 0.1) is 34.2 Å². The summed E-state index contributed by atoms with van der Waals surface area (Å²) in [5.41, 5.74) is 0.453. The van der Waals surface area contributed by atoms with Gasteiger partial charge in [0.25, 0.3) is 0 Å². The number of allylic oxidation sites excluding steroid dienone is 2. The molecule has 2 saturated heterocycles. The van der Waals surface area contributed by atoms with Crippen LogP contribution in [0.15, 0.2) is 106 Å². The Morgan fingerprint density at radius 2 is 1.11 bits per heavy atom. The molecule has 0 saturated carbocycles. The molecule has 0 bridgehead atoms. The van der Waals surface area contributed by atoms with Gasteiger partial charge in [-0.1, -0.05) is 64.5 Å². The smallest absolute Gasteiger partial charge is 0.347 e. The zero-order valence-electron chi connectivity index (χ0n) is 38.3. The Morgan fingerprint density at radius 3 is 1.55 bits per heavy atom. The third-order valence-electron chi connectivity index (χ3n) is 11.9. The maximum Gasteiger partial charge on any atom is 0.347 e. The van der Waals surface area contributed by atoms with Crippen molar-refractivity contribution >= 4 is 33.1 Å². The lowest BCUT2D eigenvalue weighted by atomic mass is 9.81. The summed E-state index contributed by atoms with van der Waals surface area (Å²) in [4.78, 5) is 24.8. The molecule has 10 atom stereocenters. The molecular formula is C50H62O15. The largest absolute Gasteiger partial charge is 0.508 e. The lowest BCUT2D eigenvalue weighted by Gasteiger charge is -2.46. The Bertz CT molecular complexity index is 2570. The number of benzene rings is 2. The van der Waals surface area contributed by atoms with E-state index in [4.69, 9.17) is 32.5 Å². The maximum atomic E-state index is 12.7. The van der Waals surface area contributed by atoms with E-state index in [0.29, 0.717) is 61.4 Å². The van der Waals surface area contributed by atoms with Crippen LogP contribution in [0.3, 0.4) is 0 Å². The maximum absolute atomic E-state index is 12.7. The SMILES string of the molecule is C=CCOc1c(C(=C)C)c(=O)oc2c(C)c(O)ccc12.C=CCOc1c(C(=C)C)c(=O)oc2c(C)c(OC3O[C@@](C)(C=C)[C@H](C)[C@@H](O)[C@H]3O)ccc12.C=C[C@]1(C)OC(O)[C@H](O)[C@H](O)[C@H]1C. The van der Waals surface area contributed by atoms with E-state index >= 15 is 0 Å². The first-order chi connectivity index (χ1) is 30.4. The average Bonchev–Trinajstić information content (AvgIpc) is 3.26. The predicted octanol–water partition coefficient (Wildman–Crippen LogP) is 6.78. The van der Waals surface area contributed by atoms with Gasteiger partial charge < -0.3 is 63.2 Å². The summed E-state index contributed by atoms with van der Waals surface area (Å²) in [6.07, 6.45) is -0.825. The second kappa shape index (κ2) is 21.0. The third kappa shape index (κ3) is 10.5. The molecule has 4 aromatic rings. The summed E-state index contributed by atoms with van der Waals surface area (Å²) in [7, 11) is 0. The molecule has 4 heterocycles. The van der Waals surface area contributed by atoms with E-state index < -0.39 is 65.4 Å². The van der Waals surface area contributed by atoms with Gasteiger partial charge >= 0.3 is 11.3 Å². The quantitative estimate of drug-likeness (QED) is 0.0636. The van der Waals surface area contributed by atoms with E-state index in [1.54, 1.807) is 97.9 Å². The molecule has 6 N–H and O–H groups in total. The van der Waals surface area contributed by atoms with Gasteiger partial charge in [0, 0.05) is 23.0 Å². The molecule has 6 rings (SSSR count). The highest BCUT2D eigenvalue weighted by Gasteiger charge is 2.49. The Morgan fingerprint density at radius 1 is 0.677 bits per heavy atom. The van der Waals surface area contributed by atoms with Crippen LogP contribution < -0.4 is 25.5 Å². The van der Waals surface area contributed by atoms with Crippen LogP contribution in [0.5, 0.6) is 23.0 Å². The van der Waals surface area contributed by atoms with E-state index in [0.717, 1.165) is 0 Å². The van der Waals surface area contributed by atoms with E-state index in [9.17, 15) is 40.2 Å². The highest BCUT2D eigenvalue weighted by Crippen LogP contribution is 2.40. The zero-order valence-corrected chi connectivity index (χ0v) is 38.3. The molecule has 2 aromatic heterocycles. The molecule has 65 heavy (non-hydrogen) atoms. The molecule has 0 spiro atoms. The van der Waals surface area contributed by atoms with Crippen LogP contribution in [0.1, 0.15) is 63.8 Å². The molecule has 2 unspecified atom stereocenters. The van der Waals surface area contributed by atoms with E-state index in [2.05, 4.69) is 39.5 Å². The Hall–Kier alpha value is -5.78. The number of rotatable bonds is 12. The van der Waals surface area contributed by atoms with E-state index in [1.807, 2.05) is 0 Å². The Labute approximate surface area is 378 Å². The molecule has 0 aliphatic carbocycles. The Kier molecular flexibility index (Phi) is 16.8. The van der Waals surface area contributed by atoms with Gasteiger partial charge in [-0.05, 0) is 77.0 Å². The van der Waals surface area contributed by atoms with Crippen LogP contribution >= 0.6 is 0 Å². The molecule has 2 aliphatic rings. The summed E-state index contributed by atoms with van der Waals surface area (Å²) in [6.45, 7) is 36.5. The van der Waals surface area contributed by atoms with Crippen molar-refractivity contribution in [2.24, 2.45) is 11.8 Å². The van der Waals surface area contributed by atoms with Crippen molar-refractivity contribution in [1.82, 2.24) is 0 Å². The number of hydrogen-bond acceptors (Lipinski definition) is 15. The second-order valence-electron chi connectivity index (χ2n) is 16.5. The number of aliphatic hydroxyl groups is 5. The van der Waals surface area contributed by atoms with Crippen molar-refractivity contribution in [1.29, 1.82) is 0 Å². The Balaban J connectivity index is 0.000000238. The fraction of sp³-hybridized carbons (Fsp3) is 0.400. The topological polar surface area (TPSA) is 228 Å². The average molecular weight is 903 g/mol. The number of aryl methyl sites for hydroxylation is 2. The van der Waals surface area contributed by atoms with Crippen molar-refractivity contribution in [2.75, 3.05) is 13.2 Å². The number of hydrogen-bond donors (Lipinski definition) is 6. The standard InChI is InChI=1S/C25H30O7.C16H16O4.C9H16O4/c1-8-12-29-22-16-10-11-17(14(5)21(16)31-23(28)18(22)13(3)4)30-24-20(27)19(26)15(6)25(7,9-2)32-24;1-5-8-19-15-11-6-7-12(17)10(4)14(11)20-16(18)13(15)9(2)3;1-4-9(3)5(2)6(10)7(11)8(12)13-9/h8-11,15,19-20,24,26-27H,1-3,12H2,4-7H3;5-7,17H,1-2,8H2,3-4H3;4-8,10-12H,1H2,2-3H3/t15-,19-,20-,24?,25+;;5-,6-,7-,8?,9+/m1.1/s1. The van der Waals surface area contributed by atoms with Gasteiger partial charge in [0.15, 0.2) is 6.29 Å². The molecule has 2 aliphatic heterocycles. The van der Waals surface area contributed by atoms with Crippen LogP contribution in [0, 0.1) is 25.7 Å². The minimum Gasteiger partial charge on any atom is -0.508 e. The van der Waals surface area contributed by atoms with Gasteiger partial charge in [-0.2, -0.15) is 0 Å². The minimum atomic E-state index is -1.35. The normalized spacial score (nSPS) is 27.2.